The zero-order valence-corrected chi connectivity index (χ0v) is 15.8. The zero-order valence-electron chi connectivity index (χ0n) is 15.8. The fourth-order valence-corrected chi connectivity index (χ4v) is 3.81. The lowest BCUT2D eigenvalue weighted by Gasteiger charge is -2.21. The number of amides is 1. The van der Waals surface area contributed by atoms with Gasteiger partial charge in [-0.1, -0.05) is 5.21 Å². The molecule has 7 nitrogen and oxygen atoms in total. The highest BCUT2D eigenvalue weighted by Crippen LogP contribution is 2.26. The van der Waals surface area contributed by atoms with Gasteiger partial charge in [0.25, 0.3) is 0 Å². The molecule has 1 aliphatic carbocycles. The highest BCUT2D eigenvalue weighted by Gasteiger charge is 2.28. The zero-order chi connectivity index (χ0) is 20.0. The number of halogens is 1. The lowest BCUT2D eigenvalue weighted by molar-refractivity contribution is -0.120. The minimum atomic E-state index is -0.303. The van der Waals surface area contributed by atoms with E-state index in [1.807, 2.05) is 31.3 Å². The number of anilines is 1. The van der Waals surface area contributed by atoms with Gasteiger partial charge in [0.2, 0.25) is 5.91 Å². The maximum atomic E-state index is 13.4. The molecule has 1 aliphatic rings. The first-order valence-electron chi connectivity index (χ1n) is 9.51. The van der Waals surface area contributed by atoms with Crippen LogP contribution < -0.4 is 5.32 Å². The standard InChI is InChI=1S/C21H19FN6O/c1-28-19-10-13(4-8-17(19)26-27-28)21(29)23-15-6-2-12(3-7-15)20-24-16-9-5-14(22)11-18(16)25-20/h2-3,5-7,9,11,13H,4,8,10H2,1H3,(H,23,29)(H,24,25). The predicted octanol–water partition coefficient (Wildman–Crippen LogP) is 3.24. The van der Waals surface area contributed by atoms with E-state index in [2.05, 4.69) is 25.6 Å². The molecule has 8 heteroatoms. The van der Waals surface area contributed by atoms with Crippen molar-refractivity contribution in [2.45, 2.75) is 19.3 Å². The van der Waals surface area contributed by atoms with Gasteiger partial charge in [-0.25, -0.2) is 9.37 Å². The third-order valence-electron chi connectivity index (χ3n) is 5.43. The maximum absolute atomic E-state index is 13.4. The Bertz CT molecular complexity index is 1210. The first kappa shape index (κ1) is 17.5. The van der Waals surface area contributed by atoms with Gasteiger partial charge >= 0.3 is 0 Å². The van der Waals surface area contributed by atoms with Crippen LogP contribution in [0.25, 0.3) is 22.4 Å². The molecule has 0 fully saturated rings. The van der Waals surface area contributed by atoms with Gasteiger partial charge in [0.05, 0.1) is 22.4 Å². The van der Waals surface area contributed by atoms with Gasteiger partial charge < -0.3 is 10.3 Å². The normalized spacial score (nSPS) is 16.0. The van der Waals surface area contributed by atoms with Crippen LogP contribution in [0.5, 0.6) is 0 Å². The minimum Gasteiger partial charge on any atom is -0.338 e. The summed E-state index contributed by atoms with van der Waals surface area (Å²) in [5.74, 6) is 0.267. The SMILES string of the molecule is Cn1nnc2c1CC(C(=O)Nc1ccc(-c3nc4ccc(F)cc4[nH]3)cc1)CC2. The number of hydrogen-bond acceptors (Lipinski definition) is 4. The van der Waals surface area contributed by atoms with E-state index >= 15 is 0 Å². The number of fused-ring (bicyclic) bond motifs is 2. The number of hydrogen-bond donors (Lipinski definition) is 2. The highest BCUT2D eigenvalue weighted by atomic mass is 19.1. The second kappa shape index (κ2) is 6.80. The van der Waals surface area contributed by atoms with Crippen molar-refractivity contribution in [3.05, 3.63) is 59.7 Å². The largest absolute Gasteiger partial charge is 0.338 e. The first-order chi connectivity index (χ1) is 14.1. The predicted molar refractivity (Wildman–Crippen MR) is 107 cm³/mol. The van der Waals surface area contributed by atoms with Crippen molar-refractivity contribution in [3.63, 3.8) is 0 Å². The number of aryl methyl sites for hydroxylation is 2. The van der Waals surface area contributed by atoms with Crippen molar-refractivity contribution in [3.8, 4) is 11.4 Å². The van der Waals surface area contributed by atoms with Gasteiger partial charge in [-0.15, -0.1) is 5.10 Å². The van der Waals surface area contributed by atoms with Crippen LogP contribution in [-0.2, 0) is 24.7 Å². The number of imidazole rings is 1. The second-order valence-electron chi connectivity index (χ2n) is 7.36. The van der Waals surface area contributed by atoms with Crippen LogP contribution in [-0.4, -0.2) is 30.9 Å². The average Bonchev–Trinajstić information content (AvgIpc) is 3.31. The number of carbonyl (C=O) groups excluding carboxylic acids is 1. The van der Waals surface area contributed by atoms with Crippen molar-refractivity contribution in [2.75, 3.05) is 5.32 Å². The van der Waals surface area contributed by atoms with Crippen LogP contribution in [0.4, 0.5) is 10.1 Å². The molecular formula is C21H19FN6O. The van der Waals surface area contributed by atoms with E-state index in [0.29, 0.717) is 23.3 Å². The van der Waals surface area contributed by atoms with E-state index in [1.165, 1.54) is 12.1 Å². The summed E-state index contributed by atoms with van der Waals surface area (Å²) in [7, 11) is 1.86. The molecule has 2 N–H and O–H groups in total. The van der Waals surface area contributed by atoms with Gasteiger partial charge in [0.1, 0.15) is 11.6 Å². The Balaban J connectivity index is 1.30. The number of benzene rings is 2. The summed E-state index contributed by atoms with van der Waals surface area (Å²) >= 11 is 0. The number of carbonyl (C=O) groups is 1. The summed E-state index contributed by atoms with van der Waals surface area (Å²) in [6.45, 7) is 0. The molecule has 2 aromatic heterocycles. The van der Waals surface area contributed by atoms with E-state index in [-0.39, 0.29) is 17.6 Å². The van der Waals surface area contributed by atoms with Gasteiger partial charge in [0, 0.05) is 30.6 Å². The maximum Gasteiger partial charge on any atom is 0.227 e. The number of H-pyrrole nitrogens is 1. The molecule has 0 aliphatic heterocycles. The van der Waals surface area contributed by atoms with E-state index < -0.39 is 0 Å². The highest BCUT2D eigenvalue weighted by molar-refractivity contribution is 5.93. The van der Waals surface area contributed by atoms with Crippen molar-refractivity contribution in [1.29, 1.82) is 0 Å². The number of nitrogens with one attached hydrogen (secondary N) is 2. The summed E-state index contributed by atoms with van der Waals surface area (Å²) in [5.41, 5.74) is 4.98. The lowest BCUT2D eigenvalue weighted by atomic mass is 9.89. The van der Waals surface area contributed by atoms with Crippen LogP contribution in [0.3, 0.4) is 0 Å². The molecule has 146 valence electrons. The van der Waals surface area contributed by atoms with Crippen molar-refractivity contribution >= 4 is 22.6 Å². The Hall–Kier alpha value is -3.55. The number of aromatic nitrogens is 5. The first-order valence-corrected chi connectivity index (χ1v) is 9.51. The Labute approximate surface area is 166 Å². The van der Waals surface area contributed by atoms with Crippen LogP contribution in [0.2, 0.25) is 0 Å². The Kier molecular flexibility index (Phi) is 4.12. The molecule has 2 aromatic carbocycles. The smallest absolute Gasteiger partial charge is 0.227 e. The minimum absolute atomic E-state index is 0.00353. The number of nitrogens with zero attached hydrogens (tertiary/aromatic N) is 4. The molecule has 0 saturated carbocycles. The summed E-state index contributed by atoms with van der Waals surface area (Å²) < 4.78 is 15.1. The molecule has 0 spiro atoms. The molecule has 4 aromatic rings. The van der Waals surface area contributed by atoms with Crippen molar-refractivity contribution in [1.82, 2.24) is 25.0 Å². The lowest BCUT2D eigenvalue weighted by Crippen LogP contribution is -2.29. The summed E-state index contributed by atoms with van der Waals surface area (Å²) in [6.07, 6.45) is 2.19. The summed E-state index contributed by atoms with van der Waals surface area (Å²) in [5, 5.41) is 11.2. The van der Waals surface area contributed by atoms with Gasteiger partial charge in [-0.3, -0.25) is 9.48 Å². The number of aromatic amines is 1. The molecular weight excluding hydrogens is 371 g/mol. The third kappa shape index (κ3) is 3.26. The summed E-state index contributed by atoms with van der Waals surface area (Å²) in [4.78, 5) is 20.3. The monoisotopic (exact) mass is 390 g/mol. The van der Waals surface area contributed by atoms with Gasteiger partial charge in [0.15, 0.2) is 0 Å². The van der Waals surface area contributed by atoms with Gasteiger partial charge in [-0.2, -0.15) is 0 Å². The second-order valence-corrected chi connectivity index (χ2v) is 7.36. The van der Waals surface area contributed by atoms with Gasteiger partial charge in [-0.05, 0) is 55.3 Å². The van der Waals surface area contributed by atoms with Crippen LogP contribution in [0.15, 0.2) is 42.5 Å². The fourth-order valence-electron chi connectivity index (χ4n) is 3.81. The quantitative estimate of drug-likeness (QED) is 0.562. The Morgan fingerprint density at radius 2 is 2.07 bits per heavy atom. The van der Waals surface area contributed by atoms with Crippen molar-refractivity contribution < 1.29 is 9.18 Å². The molecule has 1 atom stereocenters. The average molecular weight is 390 g/mol. The van der Waals surface area contributed by atoms with Crippen LogP contribution in [0.1, 0.15) is 17.8 Å². The Morgan fingerprint density at radius 3 is 2.90 bits per heavy atom. The van der Waals surface area contributed by atoms with Crippen molar-refractivity contribution in [2.24, 2.45) is 13.0 Å². The fraction of sp³-hybridized carbons (Fsp3) is 0.238. The molecule has 29 heavy (non-hydrogen) atoms. The third-order valence-corrected chi connectivity index (χ3v) is 5.43. The van der Waals surface area contributed by atoms with Crippen LogP contribution >= 0.6 is 0 Å². The molecule has 2 heterocycles. The molecule has 5 rings (SSSR count). The van der Waals surface area contributed by atoms with Crippen LogP contribution in [0, 0.1) is 11.7 Å². The topological polar surface area (TPSA) is 88.5 Å². The van der Waals surface area contributed by atoms with E-state index in [4.69, 9.17) is 0 Å². The molecule has 0 bridgehead atoms. The van der Waals surface area contributed by atoms with E-state index in [9.17, 15) is 9.18 Å². The molecule has 0 radical (unpaired) electrons. The van der Waals surface area contributed by atoms with E-state index in [1.54, 1.807) is 10.7 Å². The number of rotatable bonds is 3. The molecule has 1 unspecified atom stereocenters. The molecule has 1 amide bonds. The Morgan fingerprint density at radius 1 is 1.24 bits per heavy atom. The molecule has 0 saturated heterocycles. The summed E-state index contributed by atoms with van der Waals surface area (Å²) in [6, 6.07) is 11.9. The van der Waals surface area contributed by atoms with E-state index in [0.717, 1.165) is 35.5 Å².